The number of pyridine rings is 3. The van der Waals surface area contributed by atoms with Gasteiger partial charge in [-0.3, -0.25) is 15.0 Å². The first-order chi connectivity index (χ1) is 34.8. The van der Waals surface area contributed by atoms with Crippen molar-refractivity contribution in [1.82, 2.24) is 24.9 Å². The van der Waals surface area contributed by atoms with Crippen molar-refractivity contribution in [1.29, 1.82) is 0 Å². The second kappa shape index (κ2) is 49.1. The number of aromatic nitrogens is 5. The Hall–Kier alpha value is -5.53. The second-order valence-corrected chi connectivity index (χ2v) is 17.3. The third kappa shape index (κ3) is 33.2. The molecule has 3 aromatic carbocycles. The molecule has 0 amide bonds. The molecule has 0 bridgehead atoms. The number of oxazole rings is 1. The highest BCUT2D eigenvalue weighted by molar-refractivity contribution is 7.18. The van der Waals surface area contributed by atoms with Crippen LogP contribution in [0.1, 0.15) is 235 Å². The fourth-order valence-electron chi connectivity index (χ4n) is 5.30. The Kier molecular flexibility index (Phi) is 49.8. The van der Waals surface area contributed by atoms with E-state index in [1.807, 2.05) is 181 Å². The van der Waals surface area contributed by atoms with Crippen molar-refractivity contribution in [2.45, 2.75) is 202 Å². The third-order valence-corrected chi connectivity index (χ3v) is 10.4. The van der Waals surface area contributed by atoms with Crippen molar-refractivity contribution in [3.8, 4) is 0 Å². The van der Waals surface area contributed by atoms with Crippen LogP contribution in [0.3, 0.4) is 0 Å². The van der Waals surface area contributed by atoms with Crippen LogP contribution in [0.5, 0.6) is 0 Å². The molecule has 0 atom stereocenters. The van der Waals surface area contributed by atoms with Crippen LogP contribution in [0.2, 0.25) is 0 Å². The zero-order valence-electron chi connectivity index (χ0n) is 50.0. The first-order valence-corrected chi connectivity index (χ1v) is 28.0. The number of fused-ring (bicyclic) bond motifs is 2. The van der Waals surface area contributed by atoms with Crippen LogP contribution < -0.4 is 0 Å². The minimum atomic E-state index is 0.359. The molecule has 0 aliphatic heterocycles. The van der Waals surface area contributed by atoms with Crippen molar-refractivity contribution >= 4 is 32.7 Å². The largest absolute Gasteiger partial charge is 0.440 e. The molecule has 0 spiro atoms. The number of nitrogens with zero attached hydrogens (tertiary/aromatic N) is 5. The molecular formula is C65H103N5OS. The molecule has 0 aliphatic rings. The van der Waals surface area contributed by atoms with E-state index in [0.717, 1.165) is 28.2 Å². The van der Waals surface area contributed by atoms with Gasteiger partial charge in [-0.05, 0) is 95.0 Å². The molecule has 400 valence electrons. The molecule has 0 fully saturated rings. The van der Waals surface area contributed by atoms with E-state index in [9.17, 15) is 0 Å². The number of para-hydroxylation sites is 3. The molecule has 0 aliphatic carbocycles. The van der Waals surface area contributed by atoms with E-state index < -0.39 is 0 Å². The molecule has 5 aromatic heterocycles. The lowest BCUT2D eigenvalue weighted by Gasteiger charge is -2.01. The minimum absolute atomic E-state index is 0.359. The first kappa shape index (κ1) is 73.0. The van der Waals surface area contributed by atoms with E-state index in [0.29, 0.717) is 35.5 Å². The molecule has 0 saturated heterocycles. The molecule has 8 aromatic rings. The Labute approximate surface area is 447 Å². The van der Waals surface area contributed by atoms with Gasteiger partial charge in [-0.15, -0.1) is 11.3 Å². The van der Waals surface area contributed by atoms with Gasteiger partial charge in [0.2, 0.25) is 0 Å². The van der Waals surface area contributed by atoms with E-state index in [4.69, 9.17) is 4.42 Å². The fraction of sp³-hybridized carbons (Fsp3) is 0.462. The predicted octanol–water partition coefficient (Wildman–Crippen LogP) is 22.0. The van der Waals surface area contributed by atoms with E-state index >= 15 is 0 Å². The number of hydrogen-bond donors (Lipinski definition) is 0. The molecule has 72 heavy (non-hydrogen) atoms. The van der Waals surface area contributed by atoms with E-state index in [1.54, 1.807) is 17.5 Å². The Balaban J connectivity index is -0.000000371. The van der Waals surface area contributed by atoms with E-state index in [-0.39, 0.29) is 0 Å². The molecule has 5 heterocycles. The quantitative estimate of drug-likeness (QED) is 0.165. The maximum absolute atomic E-state index is 5.52. The van der Waals surface area contributed by atoms with Crippen molar-refractivity contribution in [3.63, 3.8) is 0 Å². The van der Waals surface area contributed by atoms with Gasteiger partial charge in [-0.25, -0.2) is 9.97 Å². The van der Waals surface area contributed by atoms with Crippen LogP contribution in [0.25, 0.3) is 21.3 Å². The Bertz CT molecular complexity index is 1970. The summed E-state index contributed by atoms with van der Waals surface area (Å²) in [6.07, 6.45) is 9.19. The Morgan fingerprint density at radius 3 is 1.21 bits per heavy atom. The SMILES string of the molecule is CC.CC.CC.CC.CC.CC.CC(C)c1ccccc1.CC(C)c1ccccn1.CC(C)c1cccnc1.CC(C)c1ccncc1.CC(C)c1nc2ccccc2o1.CC(C)c1nc2ccccc2s1. The zero-order valence-corrected chi connectivity index (χ0v) is 50.8. The lowest BCUT2D eigenvalue weighted by molar-refractivity contribution is 0.501. The van der Waals surface area contributed by atoms with Crippen molar-refractivity contribution in [2.24, 2.45) is 0 Å². The van der Waals surface area contributed by atoms with Crippen LogP contribution in [-0.2, 0) is 0 Å². The Morgan fingerprint density at radius 2 is 0.833 bits per heavy atom. The fourth-order valence-corrected chi connectivity index (χ4v) is 6.27. The van der Waals surface area contributed by atoms with Gasteiger partial charge in [0.25, 0.3) is 0 Å². The number of benzene rings is 3. The summed E-state index contributed by atoms with van der Waals surface area (Å²) in [5, 5.41) is 1.23. The average molecular weight is 1000 g/mol. The van der Waals surface area contributed by atoms with E-state index in [2.05, 4.69) is 157 Å². The summed E-state index contributed by atoms with van der Waals surface area (Å²) < 4.78 is 6.81. The summed E-state index contributed by atoms with van der Waals surface area (Å²) in [5.41, 5.74) is 8.19. The van der Waals surface area contributed by atoms with Crippen LogP contribution in [-0.4, -0.2) is 24.9 Å². The van der Waals surface area contributed by atoms with Crippen LogP contribution in [0.4, 0.5) is 0 Å². The number of thiazole rings is 1. The summed E-state index contributed by atoms with van der Waals surface area (Å²) in [4.78, 5) is 21.0. The second-order valence-electron chi connectivity index (χ2n) is 16.2. The summed E-state index contributed by atoms with van der Waals surface area (Å²) in [7, 11) is 0. The number of rotatable bonds is 6. The van der Waals surface area contributed by atoms with Crippen molar-refractivity contribution < 1.29 is 4.42 Å². The standard InChI is InChI=1S/C10H11NO.C10H11NS.C9H12.3C8H11N.6C2H6/c2*1-7(2)10-11-8-5-3-4-6-9(8)12-10;1-8(2)9-6-4-3-5-7-9;1-7(2)8-3-5-9-6-4-8;1-7(2)8-4-3-5-9-6-8;1-7(2)8-5-3-4-6-9-8;6*1-2/h2*3-7H,1-2H3;3-8H,1-2H3;3*3-7H,1-2H3;6*1-2H3. The minimum Gasteiger partial charge on any atom is -0.440 e. The maximum Gasteiger partial charge on any atom is 0.198 e. The summed E-state index contributed by atoms with van der Waals surface area (Å²) >= 11 is 1.79. The Morgan fingerprint density at radius 1 is 0.361 bits per heavy atom. The van der Waals surface area contributed by atoms with Gasteiger partial charge in [0.1, 0.15) is 5.52 Å². The average Bonchev–Trinajstić information content (AvgIpc) is 4.10. The van der Waals surface area contributed by atoms with Gasteiger partial charge in [-0.1, -0.05) is 233 Å². The summed E-state index contributed by atoms with van der Waals surface area (Å²) in [6.45, 7) is 49.9. The highest BCUT2D eigenvalue weighted by atomic mass is 32.1. The third-order valence-electron chi connectivity index (χ3n) is 9.08. The van der Waals surface area contributed by atoms with Crippen LogP contribution in [0, 0.1) is 0 Å². The molecule has 7 heteroatoms. The predicted molar refractivity (Wildman–Crippen MR) is 325 cm³/mol. The van der Waals surface area contributed by atoms with Gasteiger partial charge in [0.05, 0.1) is 15.2 Å². The van der Waals surface area contributed by atoms with Crippen LogP contribution >= 0.6 is 11.3 Å². The van der Waals surface area contributed by atoms with Gasteiger partial charge in [0, 0.05) is 48.5 Å². The maximum atomic E-state index is 5.52. The molecule has 0 saturated carbocycles. The van der Waals surface area contributed by atoms with Crippen molar-refractivity contribution in [2.75, 3.05) is 0 Å². The lowest BCUT2D eigenvalue weighted by atomic mass is 10.0. The van der Waals surface area contributed by atoms with Crippen molar-refractivity contribution in [3.05, 3.63) is 186 Å². The highest BCUT2D eigenvalue weighted by Gasteiger charge is 2.08. The topological polar surface area (TPSA) is 77.6 Å². The van der Waals surface area contributed by atoms with Gasteiger partial charge in [0.15, 0.2) is 11.5 Å². The van der Waals surface area contributed by atoms with E-state index in [1.165, 1.54) is 26.4 Å². The lowest BCUT2D eigenvalue weighted by Crippen LogP contribution is -1.88. The monoisotopic (exact) mass is 1000 g/mol. The van der Waals surface area contributed by atoms with Gasteiger partial charge in [-0.2, -0.15) is 0 Å². The molecule has 0 radical (unpaired) electrons. The van der Waals surface area contributed by atoms with Gasteiger partial charge >= 0.3 is 0 Å². The van der Waals surface area contributed by atoms with Crippen LogP contribution in [0.15, 0.2) is 157 Å². The molecular weight excluding hydrogens is 899 g/mol. The summed E-state index contributed by atoms with van der Waals surface area (Å²) in [5.74, 6) is 4.14. The smallest absolute Gasteiger partial charge is 0.198 e. The molecule has 6 nitrogen and oxygen atoms in total. The number of hydrogen-bond acceptors (Lipinski definition) is 7. The zero-order chi connectivity index (χ0) is 55.9. The normalized spacial score (nSPS) is 9.31. The molecule has 0 N–H and O–H groups in total. The molecule has 0 unspecified atom stereocenters. The highest BCUT2D eigenvalue weighted by Crippen LogP contribution is 2.26. The van der Waals surface area contributed by atoms with Gasteiger partial charge < -0.3 is 4.42 Å². The first-order valence-electron chi connectivity index (χ1n) is 27.2. The summed E-state index contributed by atoms with van der Waals surface area (Å²) in [6, 6.07) is 40.8. The molecule has 8 rings (SSSR count).